The SMILES string of the molecule is O=C(NC1CCCCC1)[C@H](c1ccc(O)cc1)N(C(=O)[C@H]1COc2ccccc2O1)c1ccc(F)cc1. The molecule has 5 rings (SSSR count). The van der Waals surface area contributed by atoms with Crippen LogP contribution in [-0.2, 0) is 9.59 Å². The van der Waals surface area contributed by atoms with E-state index in [9.17, 15) is 19.1 Å². The molecule has 2 atom stereocenters. The van der Waals surface area contributed by atoms with Crippen molar-refractivity contribution in [3.8, 4) is 17.2 Å². The minimum absolute atomic E-state index is 0.00664. The van der Waals surface area contributed by atoms with E-state index in [1.165, 1.54) is 41.3 Å². The molecule has 0 aromatic heterocycles. The van der Waals surface area contributed by atoms with Gasteiger partial charge in [-0.25, -0.2) is 4.39 Å². The second-order valence-corrected chi connectivity index (χ2v) is 9.39. The zero-order valence-corrected chi connectivity index (χ0v) is 20.3. The summed E-state index contributed by atoms with van der Waals surface area (Å²) in [6.07, 6.45) is 3.91. The topological polar surface area (TPSA) is 88.1 Å². The van der Waals surface area contributed by atoms with Crippen molar-refractivity contribution in [2.45, 2.75) is 50.3 Å². The van der Waals surface area contributed by atoms with Crippen LogP contribution in [0.3, 0.4) is 0 Å². The van der Waals surface area contributed by atoms with Crippen LogP contribution < -0.4 is 19.7 Å². The molecule has 2 N–H and O–H groups in total. The molecule has 1 heterocycles. The van der Waals surface area contributed by atoms with Crippen LogP contribution in [0.15, 0.2) is 72.8 Å². The largest absolute Gasteiger partial charge is 0.508 e. The Bertz CT molecular complexity index is 1240. The minimum Gasteiger partial charge on any atom is -0.508 e. The molecule has 3 aromatic rings. The number of carbonyl (C=O) groups is 2. The summed E-state index contributed by atoms with van der Waals surface area (Å²) in [5.74, 6) is -0.319. The molecule has 1 aliphatic heterocycles. The molecule has 1 fully saturated rings. The van der Waals surface area contributed by atoms with Gasteiger partial charge in [0.25, 0.3) is 5.91 Å². The Morgan fingerprint density at radius 2 is 1.59 bits per heavy atom. The first-order chi connectivity index (χ1) is 18.0. The molecule has 37 heavy (non-hydrogen) atoms. The molecule has 0 radical (unpaired) electrons. The van der Waals surface area contributed by atoms with Gasteiger partial charge in [0.1, 0.15) is 24.2 Å². The van der Waals surface area contributed by atoms with Crippen molar-refractivity contribution in [2.75, 3.05) is 11.5 Å². The summed E-state index contributed by atoms with van der Waals surface area (Å²) in [5.41, 5.74) is 0.839. The van der Waals surface area contributed by atoms with Crippen LogP contribution in [0.25, 0.3) is 0 Å². The zero-order chi connectivity index (χ0) is 25.8. The summed E-state index contributed by atoms with van der Waals surface area (Å²) in [7, 11) is 0. The summed E-state index contributed by atoms with van der Waals surface area (Å²) >= 11 is 0. The number of phenols is 1. The predicted octanol–water partition coefficient (Wildman–Crippen LogP) is 4.89. The van der Waals surface area contributed by atoms with Crippen LogP contribution in [-0.4, -0.2) is 35.7 Å². The fourth-order valence-corrected chi connectivity index (χ4v) is 4.90. The molecule has 1 aliphatic carbocycles. The summed E-state index contributed by atoms with van der Waals surface area (Å²) in [6, 6.07) is 17.6. The standard InChI is InChI=1S/C29H29FN2O5/c30-20-12-14-22(15-13-20)32(29(35)26-18-36-24-8-4-5-9-25(24)37-26)27(19-10-16-23(33)17-11-19)28(34)31-21-6-2-1-3-7-21/h4-5,8-17,21,26-27,33H,1-3,6-7,18H2,(H,31,34)/t26-,27+/m1/s1. The molecule has 1 saturated carbocycles. The highest BCUT2D eigenvalue weighted by atomic mass is 19.1. The Balaban J connectivity index is 1.54. The van der Waals surface area contributed by atoms with Gasteiger partial charge in [-0.3, -0.25) is 14.5 Å². The number of nitrogens with one attached hydrogen (secondary N) is 1. The number of amides is 2. The Kier molecular flexibility index (Phi) is 7.25. The van der Waals surface area contributed by atoms with E-state index in [2.05, 4.69) is 5.32 Å². The molecular weight excluding hydrogens is 475 g/mol. The van der Waals surface area contributed by atoms with Crippen LogP contribution in [0.1, 0.15) is 43.7 Å². The van der Waals surface area contributed by atoms with E-state index < -0.39 is 23.9 Å². The van der Waals surface area contributed by atoms with E-state index in [1.807, 2.05) is 6.07 Å². The maximum Gasteiger partial charge on any atom is 0.272 e. The lowest BCUT2D eigenvalue weighted by Gasteiger charge is -2.36. The molecule has 2 amide bonds. The molecule has 7 nitrogen and oxygen atoms in total. The minimum atomic E-state index is -1.08. The second kappa shape index (κ2) is 10.9. The number of anilines is 1. The van der Waals surface area contributed by atoms with Crippen molar-refractivity contribution in [3.05, 3.63) is 84.2 Å². The van der Waals surface area contributed by atoms with Gasteiger partial charge in [-0.2, -0.15) is 0 Å². The van der Waals surface area contributed by atoms with Crippen molar-refractivity contribution in [1.29, 1.82) is 0 Å². The number of benzene rings is 3. The fraction of sp³-hybridized carbons (Fsp3) is 0.310. The normalized spacial score (nSPS) is 18.0. The van der Waals surface area contributed by atoms with Crippen molar-refractivity contribution in [2.24, 2.45) is 0 Å². The highest BCUT2D eigenvalue weighted by molar-refractivity contribution is 6.03. The lowest BCUT2D eigenvalue weighted by atomic mass is 9.94. The maximum absolute atomic E-state index is 14.1. The first-order valence-electron chi connectivity index (χ1n) is 12.6. The number of hydrogen-bond donors (Lipinski definition) is 2. The quantitative estimate of drug-likeness (QED) is 0.499. The number of nitrogens with zero attached hydrogens (tertiary/aromatic N) is 1. The lowest BCUT2D eigenvalue weighted by molar-refractivity contribution is -0.132. The highest BCUT2D eigenvalue weighted by Crippen LogP contribution is 2.35. The molecule has 0 bridgehead atoms. The molecule has 192 valence electrons. The van der Waals surface area contributed by atoms with Crippen LogP contribution in [0.5, 0.6) is 17.2 Å². The Morgan fingerprint density at radius 1 is 0.919 bits per heavy atom. The van der Waals surface area contributed by atoms with E-state index in [1.54, 1.807) is 30.3 Å². The number of carbonyl (C=O) groups excluding carboxylic acids is 2. The smallest absolute Gasteiger partial charge is 0.272 e. The van der Waals surface area contributed by atoms with Gasteiger partial charge in [-0.05, 0) is 66.9 Å². The number of aromatic hydroxyl groups is 1. The molecule has 0 saturated heterocycles. The van der Waals surface area contributed by atoms with Gasteiger partial charge in [0.15, 0.2) is 11.5 Å². The molecule has 0 unspecified atom stereocenters. The van der Waals surface area contributed by atoms with Crippen molar-refractivity contribution < 1.29 is 28.6 Å². The molecule has 2 aliphatic rings. The molecule has 8 heteroatoms. The number of rotatable bonds is 6. The summed E-state index contributed by atoms with van der Waals surface area (Å²) < 4.78 is 25.6. The number of ether oxygens (including phenoxy) is 2. The first kappa shape index (κ1) is 24.6. The van der Waals surface area contributed by atoms with E-state index in [0.717, 1.165) is 32.1 Å². The molecular formula is C29H29FN2O5. The molecule has 3 aromatic carbocycles. The maximum atomic E-state index is 14.1. The van der Waals surface area contributed by atoms with Crippen LogP contribution in [0.4, 0.5) is 10.1 Å². The first-order valence-corrected chi connectivity index (χ1v) is 12.6. The van der Waals surface area contributed by atoms with Crippen LogP contribution >= 0.6 is 0 Å². The van der Waals surface area contributed by atoms with Gasteiger partial charge in [0.2, 0.25) is 12.0 Å². The van der Waals surface area contributed by atoms with Crippen LogP contribution in [0.2, 0.25) is 0 Å². The van der Waals surface area contributed by atoms with Gasteiger partial charge in [0, 0.05) is 11.7 Å². The summed E-state index contributed by atoms with van der Waals surface area (Å²) in [4.78, 5) is 29.3. The number of para-hydroxylation sites is 2. The van der Waals surface area contributed by atoms with Crippen LogP contribution in [0, 0.1) is 5.82 Å². The number of phenolic OH excluding ortho intramolecular Hbond substituents is 1. The number of halogens is 1. The van der Waals surface area contributed by atoms with E-state index in [0.29, 0.717) is 22.7 Å². The second-order valence-electron chi connectivity index (χ2n) is 9.39. The Labute approximate surface area is 214 Å². The third-order valence-corrected chi connectivity index (χ3v) is 6.79. The lowest BCUT2D eigenvalue weighted by Crippen LogP contribution is -2.52. The predicted molar refractivity (Wildman–Crippen MR) is 136 cm³/mol. The summed E-state index contributed by atoms with van der Waals surface area (Å²) in [6.45, 7) is -0.0416. The van der Waals surface area contributed by atoms with Crippen molar-refractivity contribution in [1.82, 2.24) is 5.32 Å². The van der Waals surface area contributed by atoms with Gasteiger partial charge in [0.05, 0.1) is 0 Å². The third kappa shape index (κ3) is 5.53. The van der Waals surface area contributed by atoms with Gasteiger partial charge in [-0.15, -0.1) is 0 Å². The zero-order valence-electron chi connectivity index (χ0n) is 20.3. The average molecular weight is 505 g/mol. The van der Waals surface area contributed by atoms with E-state index in [4.69, 9.17) is 9.47 Å². The van der Waals surface area contributed by atoms with E-state index in [-0.39, 0.29) is 24.3 Å². The Morgan fingerprint density at radius 3 is 2.30 bits per heavy atom. The average Bonchev–Trinajstić information content (AvgIpc) is 2.93. The monoisotopic (exact) mass is 504 g/mol. The van der Waals surface area contributed by atoms with Crippen molar-refractivity contribution >= 4 is 17.5 Å². The summed E-state index contributed by atoms with van der Waals surface area (Å²) in [5, 5.41) is 13.0. The number of hydrogen-bond acceptors (Lipinski definition) is 5. The van der Waals surface area contributed by atoms with Crippen molar-refractivity contribution in [3.63, 3.8) is 0 Å². The fourth-order valence-electron chi connectivity index (χ4n) is 4.90. The molecule has 0 spiro atoms. The van der Waals surface area contributed by atoms with Gasteiger partial charge < -0.3 is 19.9 Å². The Hall–Kier alpha value is -4.07. The van der Waals surface area contributed by atoms with Gasteiger partial charge >= 0.3 is 0 Å². The highest BCUT2D eigenvalue weighted by Gasteiger charge is 2.39. The number of fused-ring (bicyclic) bond motifs is 1. The van der Waals surface area contributed by atoms with E-state index >= 15 is 0 Å². The third-order valence-electron chi connectivity index (χ3n) is 6.79. The van der Waals surface area contributed by atoms with Gasteiger partial charge in [-0.1, -0.05) is 43.5 Å².